The molecule has 138 valence electrons. The molecule has 0 aliphatic heterocycles. The van der Waals surface area contributed by atoms with E-state index in [-0.39, 0.29) is 11.5 Å². The molecule has 0 amide bonds. The Hall–Kier alpha value is -2.85. The monoisotopic (exact) mass is 375 g/mol. The number of hydrogen-bond acceptors (Lipinski definition) is 4. The minimum Gasteiger partial charge on any atom is -0.362 e. The third-order valence-electron chi connectivity index (χ3n) is 3.62. The van der Waals surface area contributed by atoms with Gasteiger partial charge in [-0.25, -0.2) is 0 Å². The van der Waals surface area contributed by atoms with E-state index in [1.54, 1.807) is 6.92 Å². The van der Waals surface area contributed by atoms with Gasteiger partial charge in [0, 0.05) is 6.04 Å². The fourth-order valence-electron chi connectivity index (χ4n) is 2.31. The van der Waals surface area contributed by atoms with E-state index in [1.165, 1.54) is 24.3 Å². The van der Waals surface area contributed by atoms with Gasteiger partial charge in [0.25, 0.3) is 5.82 Å². The zero-order valence-corrected chi connectivity index (χ0v) is 13.1. The fourth-order valence-corrected chi connectivity index (χ4v) is 2.31. The van der Waals surface area contributed by atoms with Crippen molar-refractivity contribution < 1.29 is 26.3 Å². The van der Waals surface area contributed by atoms with Gasteiger partial charge < -0.3 is 5.32 Å². The van der Waals surface area contributed by atoms with Crippen molar-refractivity contribution in [3.63, 3.8) is 0 Å². The highest BCUT2D eigenvalue weighted by molar-refractivity contribution is 5.45. The Kier molecular flexibility index (Phi) is 4.24. The van der Waals surface area contributed by atoms with Crippen LogP contribution in [0.15, 0.2) is 36.4 Å². The van der Waals surface area contributed by atoms with Crippen molar-refractivity contribution in [3.8, 4) is 0 Å². The van der Waals surface area contributed by atoms with Crippen molar-refractivity contribution in [1.82, 2.24) is 19.8 Å². The molecule has 2 aromatic heterocycles. The predicted octanol–water partition coefficient (Wildman–Crippen LogP) is 4.34. The highest BCUT2D eigenvalue weighted by Gasteiger charge is 2.37. The van der Waals surface area contributed by atoms with E-state index in [4.69, 9.17) is 0 Å². The maximum atomic E-state index is 12.9. The summed E-state index contributed by atoms with van der Waals surface area (Å²) in [7, 11) is 0. The van der Waals surface area contributed by atoms with Gasteiger partial charge in [-0.3, -0.25) is 0 Å². The second-order valence-electron chi connectivity index (χ2n) is 5.50. The van der Waals surface area contributed by atoms with Crippen LogP contribution in [0.3, 0.4) is 0 Å². The van der Waals surface area contributed by atoms with E-state index in [0.29, 0.717) is 10.1 Å². The van der Waals surface area contributed by atoms with Crippen molar-refractivity contribution in [3.05, 3.63) is 53.3 Å². The zero-order chi connectivity index (χ0) is 19.1. The lowest BCUT2D eigenvalue weighted by molar-refractivity contribution is -0.146. The molecule has 0 unspecified atom stereocenters. The van der Waals surface area contributed by atoms with Gasteiger partial charge >= 0.3 is 12.4 Å². The molecule has 11 heteroatoms. The van der Waals surface area contributed by atoms with Gasteiger partial charge in [0.15, 0.2) is 5.65 Å². The number of alkyl halides is 6. The van der Waals surface area contributed by atoms with Crippen molar-refractivity contribution in [2.24, 2.45) is 0 Å². The van der Waals surface area contributed by atoms with Crippen molar-refractivity contribution >= 4 is 11.5 Å². The summed E-state index contributed by atoms with van der Waals surface area (Å²) in [4.78, 5) is 0. The standard InChI is InChI=1S/C15H11F6N5/c1-8(9-2-4-10(5-3-9)14(16,17)18)22-11-6-7-12-23-24-13(15(19,20)21)26(12)25-11/h2-8H,1H3,(H,22,25)/t8-/m0/s1. The maximum absolute atomic E-state index is 12.9. The minimum atomic E-state index is -4.72. The van der Waals surface area contributed by atoms with Gasteiger partial charge in [0.05, 0.1) is 5.56 Å². The number of anilines is 1. The highest BCUT2D eigenvalue weighted by Crippen LogP contribution is 2.31. The molecule has 0 bridgehead atoms. The van der Waals surface area contributed by atoms with E-state index in [1.807, 2.05) is 0 Å². The molecule has 0 fully saturated rings. The molecule has 1 aromatic carbocycles. The first-order valence-electron chi connectivity index (χ1n) is 7.29. The average molecular weight is 375 g/mol. The molecule has 0 radical (unpaired) electrons. The first-order valence-corrected chi connectivity index (χ1v) is 7.29. The Labute approximate surface area is 142 Å². The Morgan fingerprint density at radius 2 is 1.54 bits per heavy atom. The van der Waals surface area contributed by atoms with E-state index in [0.717, 1.165) is 12.1 Å². The van der Waals surface area contributed by atoms with Crippen LogP contribution < -0.4 is 5.32 Å². The quantitative estimate of drug-likeness (QED) is 0.692. The van der Waals surface area contributed by atoms with Gasteiger partial charge in [-0.2, -0.15) is 30.9 Å². The normalized spacial score (nSPS) is 13.8. The second-order valence-corrected chi connectivity index (χ2v) is 5.50. The van der Waals surface area contributed by atoms with Crippen molar-refractivity contribution in [2.45, 2.75) is 25.3 Å². The molecule has 1 N–H and O–H groups in total. The lowest BCUT2D eigenvalue weighted by Gasteiger charge is -2.16. The average Bonchev–Trinajstić information content (AvgIpc) is 2.97. The van der Waals surface area contributed by atoms with Crippen molar-refractivity contribution in [2.75, 3.05) is 5.32 Å². The van der Waals surface area contributed by atoms with Crippen molar-refractivity contribution in [1.29, 1.82) is 0 Å². The van der Waals surface area contributed by atoms with Crippen LogP contribution in [0.4, 0.5) is 32.2 Å². The molecule has 0 saturated heterocycles. The van der Waals surface area contributed by atoms with E-state index < -0.39 is 29.8 Å². The maximum Gasteiger partial charge on any atom is 0.453 e. The molecule has 5 nitrogen and oxygen atoms in total. The van der Waals surface area contributed by atoms with Crippen LogP contribution in [0.1, 0.15) is 29.9 Å². The lowest BCUT2D eigenvalue weighted by Crippen LogP contribution is -2.14. The summed E-state index contributed by atoms with van der Waals surface area (Å²) in [5.74, 6) is -1.17. The van der Waals surface area contributed by atoms with Crippen LogP contribution in [0, 0.1) is 0 Å². The van der Waals surface area contributed by atoms with Crippen LogP contribution >= 0.6 is 0 Å². The molecule has 0 aliphatic carbocycles. The number of fused-ring (bicyclic) bond motifs is 1. The van der Waals surface area contributed by atoms with E-state index >= 15 is 0 Å². The Balaban J connectivity index is 1.84. The number of hydrogen-bond donors (Lipinski definition) is 1. The third-order valence-corrected chi connectivity index (χ3v) is 3.62. The SMILES string of the molecule is C[C@H](Nc1ccc2nnc(C(F)(F)F)n2n1)c1ccc(C(F)(F)F)cc1. The minimum absolute atomic E-state index is 0.0786. The van der Waals surface area contributed by atoms with E-state index in [2.05, 4.69) is 20.6 Å². The van der Waals surface area contributed by atoms with E-state index in [9.17, 15) is 26.3 Å². The predicted molar refractivity (Wildman–Crippen MR) is 79.3 cm³/mol. The fraction of sp³-hybridized carbons (Fsp3) is 0.267. The van der Waals surface area contributed by atoms with Crippen LogP contribution in [-0.2, 0) is 12.4 Å². The number of halogens is 6. The first-order chi connectivity index (χ1) is 12.1. The van der Waals surface area contributed by atoms with Crippen LogP contribution in [0.2, 0.25) is 0 Å². The Morgan fingerprint density at radius 1 is 0.885 bits per heavy atom. The summed E-state index contributed by atoms with van der Waals surface area (Å²) < 4.78 is 76.9. The molecule has 0 saturated carbocycles. The molecule has 1 atom stereocenters. The van der Waals surface area contributed by atoms with Gasteiger partial charge in [0.1, 0.15) is 5.82 Å². The van der Waals surface area contributed by atoms with Gasteiger partial charge in [-0.15, -0.1) is 15.3 Å². The summed E-state index contributed by atoms with van der Waals surface area (Å²) in [6.07, 6.45) is -9.16. The molecule has 26 heavy (non-hydrogen) atoms. The number of rotatable bonds is 3. The summed E-state index contributed by atoms with van der Waals surface area (Å²) >= 11 is 0. The number of nitrogens with one attached hydrogen (secondary N) is 1. The summed E-state index contributed by atoms with van der Waals surface area (Å²) in [5, 5.41) is 13.1. The topological polar surface area (TPSA) is 55.1 Å². The molecule has 0 spiro atoms. The largest absolute Gasteiger partial charge is 0.453 e. The lowest BCUT2D eigenvalue weighted by atomic mass is 10.1. The van der Waals surface area contributed by atoms with Crippen LogP contribution in [0.25, 0.3) is 5.65 Å². The van der Waals surface area contributed by atoms with Gasteiger partial charge in [-0.05, 0) is 36.8 Å². The number of nitrogens with zero attached hydrogens (tertiary/aromatic N) is 4. The number of benzene rings is 1. The first kappa shape index (κ1) is 18.0. The Morgan fingerprint density at radius 3 is 2.12 bits per heavy atom. The molecular weight excluding hydrogens is 364 g/mol. The molecule has 3 aromatic rings. The second kappa shape index (κ2) is 6.15. The summed E-state index contributed by atoms with van der Waals surface area (Å²) in [6.45, 7) is 1.64. The zero-order valence-electron chi connectivity index (χ0n) is 13.1. The molecular formula is C15H11F6N5. The molecule has 0 aliphatic rings. The third kappa shape index (κ3) is 3.55. The summed E-state index contributed by atoms with van der Waals surface area (Å²) in [6, 6.07) is 6.67. The van der Waals surface area contributed by atoms with Crippen LogP contribution in [-0.4, -0.2) is 19.8 Å². The summed E-state index contributed by atoms with van der Waals surface area (Å²) in [5.41, 5.74) is -0.350. The molecule has 3 rings (SSSR count). The smallest absolute Gasteiger partial charge is 0.362 e. The highest BCUT2D eigenvalue weighted by atomic mass is 19.4. The van der Waals surface area contributed by atoms with Crippen LogP contribution in [0.5, 0.6) is 0 Å². The van der Waals surface area contributed by atoms with Gasteiger partial charge in [-0.1, -0.05) is 12.1 Å². The van der Waals surface area contributed by atoms with Gasteiger partial charge in [0.2, 0.25) is 0 Å². The molecule has 2 heterocycles. The Bertz CT molecular complexity index is 913. The number of aromatic nitrogens is 4.